The third-order valence-electron chi connectivity index (χ3n) is 4.35. The van der Waals surface area contributed by atoms with E-state index in [4.69, 9.17) is 4.74 Å². The maximum atomic E-state index is 12.3. The first-order valence-electron chi connectivity index (χ1n) is 9.35. The van der Waals surface area contributed by atoms with Crippen LogP contribution in [0.5, 0.6) is 11.6 Å². The smallest absolute Gasteiger partial charge is 0.313 e. The molecule has 30 heavy (non-hydrogen) atoms. The van der Waals surface area contributed by atoms with Crippen LogP contribution in [0.25, 0.3) is 0 Å². The highest BCUT2D eigenvalue weighted by Gasteiger charge is 2.20. The molecule has 2 heterocycles. The summed E-state index contributed by atoms with van der Waals surface area (Å²) in [6, 6.07) is 12.2. The Kier molecular flexibility index (Phi) is 6.76. The number of ether oxygens (including phenoxy) is 1. The molecule has 9 nitrogen and oxygen atoms in total. The van der Waals surface area contributed by atoms with Crippen LogP contribution < -0.4 is 15.4 Å². The number of aryl methyl sites for hydroxylation is 1. The summed E-state index contributed by atoms with van der Waals surface area (Å²) in [5, 5.41) is 9.39. The van der Waals surface area contributed by atoms with Crippen LogP contribution >= 0.6 is 0 Å². The molecule has 0 aliphatic carbocycles. The lowest BCUT2D eigenvalue weighted by Crippen LogP contribution is -2.40. The van der Waals surface area contributed by atoms with Crippen LogP contribution in [0.3, 0.4) is 0 Å². The van der Waals surface area contributed by atoms with Crippen molar-refractivity contribution in [1.29, 1.82) is 0 Å². The number of rotatable bonds is 7. The molecule has 0 fully saturated rings. The van der Waals surface area contributed by atoms with E-state index in [-0.39, 0.29) is 12.6 Å². The van der Waals surface area contributed by atoms with Crippen LogP contribution in [0.1, 0.15) is 11.6 Å². The van der Waals surface area contributed by atoms with Crippen molar-refractivity contribution >= 4 is 17.5 Å². The third-order valence-corrected chi connectivity index (χ3v) is 4.35. The summed E-state index contributed by atoms with van der Waals surface area (Å²) in [6.45, 7) is 0.268. The summed E-state index contributed by atoms with van der Waals surface area (Å²) >= 11 is 0. The van der Waals surface area contributed by atoms with Gasteiger partial charge in [0.15, 0.2) is 0 Å². The molecule has 2 N–H and O–H groups in total. The average Bonchev–Trinajstić information content (AvgIpc) is 3.14. The molecule has 3 aromatic rings. The van der Waals surface area contributed by atoms with Gasteiger partial charge in [-0.05, 0) is 32.3 Å². The quantitative estimate of drug-likeness (QED) is 0.580. The Labute approximate surface area is 174 Å². The predicted octanol–water partition coefficient (Wildman–Crippen LogP) is 1.96. The Morgan fingerprint density at radius 3 is 2.60 bits per heavy atom. The number of hydrogen-bond donors (Lipinski definition) is 2. The van der Waals surface area contributed by atoms with Gasteiger partial charge in [0.25, 0.3) is 0 Å². The molecule has 0 aliphatic rings. The van der Waals surface area contributed by atoms with Gasteiger partial charge in [-0.2, -0.15) is 5.10 Å². The molecule has 1 atom stereocenters. The number of likely N-dealkylation sites (N-methyl/N-ethyl adjacent to an activating group) is 1. The van der Waals surface area contributed by atoms with Gasteiger partial charge in [0.05, 0.1) is 12.2 Å². The lowest BCUT2D eigenvalue weighted by molar-refractivity contribution is -0.136. The summed E-state index contributed by atoms with van der Waals surface area (Å²) in [4.78, 5) is 30.6. The van der Waals surface area contributed by atoms with E-state index in [0.29, 0.717) is 17.3 Å². The summed E-state index contributed by atoms with van der Waals surface area (Å²) < 4.78 is 7.33. The lowest BCUT2D eigenvalue weighted by atomic mass is 10.1. The molecule has 2 aromatic heterocycles. The largest absolute Gasteiger partial charge is 0.439 e. The maximum absolute atomic E-state index is 12.3. The lowest BCUT2D eigenvalue weighted by Gasteiger charge is -2.23. The van der Waals surface area contributed by atoms with Crippen molar-refractivity contribution in [2.24, 2.45) is 7.05 Å². The zero-order valence-corrected chi connectivity index (χ0v) is 17.1. The zero-order valence-electron chi connectivity index (χ0n) is 17.1. The highest BCUT2D eigenvalue weighted by atomic mass is 16.5. The average molecular weight is 408 g/mol. The molecule has 2 amide bonds. The Bertz CT molecular complexity index is 1000. The zero-order chi connectivity index (χ0) is 21.5. The van der Waals surface area contributed by atoms with Crippen LogP contribution in [-0.4, -0.2) is 52.1 Å². The van der Waals surface area contributed by atoms with E-state index in [1.807, 2.05) is 50.4 Å². The first kappa shape index (κ1) is 21.0. The highest BCUT2D eigenvalue weighted by Crippen LogP contribution is 2.21. The fourth-order valence-corrected chi connectivity index (χ4v) is 2.82. The van der Waals surface area contributed by atoms with Crippen LogP contribution in [0.2, 0.25) is 0 Å². The number of aromatic nitrogens is 3. The van der Waals surface area contributed by atoms with Crippen LogP contribution in [0.15, 0.2) is 61.1 Å². The summed E-state index contributed by atoms with van der Waals surface area (Å²) in [7, 11) is 5.62. The first-order chi connectivity index (χ1) is 14.4. The van der Waals surface area contributed by atoms with E-state index in [1.165, 1.54) is 6.20 Å². The van der Waals surface area contributed by atoms with Crippen molar-refractivity contribution in [2.75, 3.05) is 26.0 Å². The minimum absolute atomic E-state index is 0.109. The van der Waals surface area contributed by atoms with Gasteiger partial charge in [0.2, 0.25) is 5.88 Å². The van der Waals surface area contributed by atoms with E-state index in [0.717, 1.165) is 5.56 Å². The SMILES string of the molecule is CN(C)[C@@H](CNC(=O)C(=O)Nc1ccnc(Oc2ccccc2)c1)c1cnn(C)c1. The van der Waals surface area contributed by atoms with Crippen LogP contribution in [0.4, 0.5) is 5.69 Å². The van der Waals surface area contributed by atoms with E-state index in [1.54, 1.807) is 35.1 Å². The van der Waals surface area contributed by atoms with Gasteiger partial charge >= 0.3 is 11.8 Å². The van der Waals surface area contributed by atoms with E-state index >= 15 is 0 Å². The minimum atomic E-state index is -0.768. The topological polar surface area (TPSA) is 101 Å². The van der Waals surface area contributed by atoms with Crippen LogP contribution in [0, 0.1) is 0 Å². The van der Waals surface area contributed by atoms with Crippen molar-refractivity contribution in [1.82, 2.24) is 25.0 Å². The monoisotopic (exact) mass is 408 g/mol. The van der Waals surface area contributed by atoms with E-state index in [2.05, 4.69) is 20.7 Å². The van der Waals surface area contributed by atoms with Crippen LogP contribution in [-0.2, 0) is 16.6 Å². The number of anilines is 1. The Hall–Kier alpha value is -3.72. The first-order valence-corrected chi connectivity index (χ1v) is 9.35. The van der Waals surface area contributed by atoms with Crippen molar-refractivity contribution in [3.05, 3.63) is 66.6 Å². The van der Waals surface area contributed by atoms with Gasteiger partial charge in [-0.25, -0.2) is 4.98 Å². The molecule has 0 bridgehead atoms. The minimum Gasteiger partial charge on any atom is -0.439 e. The molecular formula is C21H24N6O3. The van der Waals surface area contributed by atoms with Crippen molar-refractivity contribution in [3.63, 3.8) is 0 Å². The van der Waals surface area contributed by atoms with Gasteiger partial charge in [-0.15, -0.1) is 0 Å². The summed E-state index contributed by atoms with van der Waals surface area (Å²) in [5.41, 5.74) is 1.35. The van der Waals surface area contributed by atoms with Gasteiger partial charge in [-0.1, -0.05) is 18.2 Å². The maximum Gasteiger partial charge on any atom is 0.313 e. The molecular weight excluding hydrogens is 384 g/mol. The molecule has 0 radical (unpaired) electrons. The fraction of sp³-hybridized carbons (Fsp3) is 0.238. The number of nitrogens with one attached hydrogen (secondary N) is 2. The number of para-hydroxylation sites is 1. The second-order valence-electron chi connectivity index (χ2n) is 6.89. The number of pyridine rings is 1. The molecule has 0 saturated heterocycles. The molecule has 156 valence electrons. The van der Waals surface area contributed by atoms with Gasteiger partial charge in [0.1, 0.15) is 5.75 Å². The number of carbonyl (C=O) groups excluding carboxylic acids is 2. The predicted molar refractivity (Wildman–Crippen MR) is 112 cm³/mol. The van der Waals surface area contributed by atoms with E-state index < -0.39 is 11.8 Å². The summed E-state index contributed by atoms with van der Waals surface area (Å²) in [5.74, 6) is -0.566. The Morgan fingerprint density at radius 1 is 1.17 bits per heavy atom. The number of hydrogen-bond acceptors (Lipinski definition) is 6. The molecule has 0 aliphatic heterocycles. The van der Waals surface area contributed by atoms with Crippen molar-refractivity contribution < 1.29 is 14.3 Å². The standard InChI is InChI=1S/C21H24N6O3/c1-26(2)18(15-12-24-27(3)14-15)13-23-20(28)21(29)25-16-9-10-22-19(11-16)30-17-7-5-4-6-8-17/h4-12,14,18H,13H2,1-3H3,(H,23,28)(H,22,25,29)/t18-/m0/s1. The second-order valence-corrected chi connectivity index (χ2v) is 6.89. The Morgan fingerprint density at radius 2 is 1.93 bits per heavy atom. The molecule has 9 heteroatoms. The fourth-order valence-electron chi connectivity index (χ4n) is 2.82. The Balaban J connectivity index is 1.57. The molecule has 0 saturated carbocycles. The molecule has 0 unspecified atom stereocenters. The molecule has 0 spiro atoms. The summed E-state index contributed by atoms with van der Waals surface area (Å²) in [6.07, 6.45) is 5.11. The van der Waals surface area contributed by atoms with Gasteiger partial charge in [0, 0.05) is 43.3 Å². The van der Waals surface area contributed by atoms with Gasteiger partial charge < -0.3 is 20.3 Å². The number of nitrogens with zero attached hydrogens (tertiary/aromatic N) is 4. The highest BCUT2D eigenvalue weighted by molar-refractivity contribution is 6.39. The van der Waals surface area contributed by atoms with Crippen molar-refractivity contribution in [2.45, 2.75) is 6.04 Å². The van der Waals surface area contributed by atoms with Crippen molar-refractivity contribution in [3.8, 4) is 11.6 Å². The van der Waals surface area contributed by atoms with Gasteiger partial charge in [-0.3, -0.25) is 14.3 Å². The molecule has 1 aromatic carbocycles. The normalized spacial score (nSPS) is 11.7. The number of carbonyl (C=O) groups is 2. The third kappa shape index (κ3) is 5.65. The molecule has 3 rings (SSSR count). The van der Waals surface area contributed by atoms with E-state index in [9.17, 15) is 9.59 Å². The number of benzene rings is 1. The second kappa shape index (κ2) is 9.66. The number of amides is 2.